The van der Waals surface area contributed by atoms with Crippen molar-refractivity contribution in [2.75, 3.05) is 39.6 Å². The minimum Gasteiger partial charge on any atom is -0.462 e. The zero-order chi connectivity index (χ0) is 73.5. The summed E-state index contributed by atoms with van der Waals surface area (Å²) < 4.78 is 68.7. The van der Waals surface area contributed by atoms with Crippen molar-refractivity contribution in [3.63, 3.8) is 0 Å². The van der Waals surface area contributed by atoms with Crippen molar-refractivity contribution in [3.8, 4) is 0 Å². The fraction of sp³-hybridized carbons (Fsp3) is 0.951. The van der Waals surface area contributed by atoms with Gasteiger partial charge in [-0.15, -0.1) is 0 Å². The summed E-state index contributed by atoms with van der Waals surface area (Å²) in [7, 11) is -9.92. The zero-order valence-electron chi connectivity index (χ0n) is 65.5. The number of phosphoric ester groups is 2. The second-order valence-electron chi connectivity index (χ2n) is 30.1. The van der Waals surface area contributed by atoms with Crippen LogP contribution in [0.1, 0.15) is 427 Å². The number of phosphoric acid groups is 2. The fourth-order valence-corrected chi connectivity index (χ4v) is 14.1. The van der Waals surface area contributed by atoms with Gasteiger partial charge in [0, 0.05) is 25.7 Å². The summed E-state index contributed by atoms with van der Waals surface area (Å²) in [5, 5.41) is 10.6. The van der Waals surface area contributed by atoms with E-state index in [1.54, 1.807) is 0 Å². The zero-order valence-corrected chi connectivity index (χ0v) is 67.3. The highest BCUT2D eigenvalue weighted by molar-refractivity contribution is 7.47. The lowest BCUT2D eigenvalue weighted by atomic mass is 10.0. The molecule has 2 unspecified atom stereocenters. The molecule has 0 saturated carbocycles. The van der Waals surface area contributed by atoms with Gasteiger partial charge in [-0.05, 0) is 37.5 Å². The van der Waals surface area contributed by atoms with Gasteiger partial charge in [-0.3, -0.25) is 37.3 Å². The van der Waals surface area contributed by atoms with E-state index < -0.39 is 97.5 Å². The molecule has 594 valence electrons. The van der Waals surface area contributed by atoms with Gasteiger partial charge in [-0.2, -0.15) is 0 Å². The number of hydrogen-bond acceptors (Lipinski definition) is 15. The van der Waals surface area contributed by atoms with E-state index in [4.69, 9.17) is 37.0 Å². The number of rotatable bonds is 80. The lowest BCUT2D eigenvalue weighted by Gasteiger charge is -2.21. The van der Waals surface area contributed by atoms with E-state index in [-0.39, 0.29) is 25.7 Å². The van der Waals surface area contributed by atoms with Gasteiger partial charge in [-0.1, -0.05) is 375 Å². The largest absolute Gasteiger partial charge is 0.472 e. The minimum absolute atomic E-state index is 0.107. The number of ether oxygens (including phenoxy) is 4. The van der Waals surface area contributed by atoms with Crippen LogP contribution < -0.4 is 0 Å². The molecule has 0 aliphatic heterocycles. The first-order chi connectivity index (χ1) is 48.4. The molecule has 5 atom stereocenters. The van der Waals surface area contributed by atoms with Crippen LogP contribution in [0, 0.1) is 11.8 Å². The molecular weight excluding hydrogens is 1310 g/mol. The SMILES string of the molecule is CCCCCCCCCCCCCCCCCCCCCCCCC(=O)O[C@H](COC(=O)CCCCCCCCCCCCCCCC(C)C)COP(=O)(O)OC[C@@H](O)COP(=O)(O)OC[C@@H](COC(=O)CCCCCCCCC(C)C)OC(=O)CCCCCCCCCCCCCCC. The normalized spacial score (nSPS) is 13.9. The Morgan fingerprint density at radius 3 is 0.680 bits per heavy atom. The molecule has 100 heavy (non-hydrogen) atoms. The predicted molar refractivity (Wildman–Crippen MR) is 409 cm³/mol. The molecule has 0 heterocycles. The average molecular weight is 1470 g/mol. The molecular formula is C81H158O17P2. The molecule has 0 saturated heterocycles. The number of aliphatic hydroxyl groups is 1. The van der Waals surface area contributed by atoms with Gasteiger partial charge in [0.1, 0.15) is 19.3 Å². The Kier molecular flexibility index (Phi) is 71.2. The van der Waals surface area contributed by atoms with E-state index in [1.165, 1.54) is 238 Å². The van der Waals surface area contributed by atoms with Gasteiger partial charge in [0.25, 0.3) is 0 Å². The average Bonchev–Trinajstić information content (AvgIpc) is 0.913. The fourth-order valence-electron chi connectivity index (χ4n) is 12.5. The van der Waals surface area contributed by atoms with E-state index in [0.717, 1.165) is 102 Å². The van der Waals surface area contributed by atoms with E-state index in [2.05, 4.69) is 41.5 Å². The molecule has 0 spiro atoms. The number of aliphatic hydroxyl groups excluding tert-OH is 1. The van der Waals surface area contributed by atoms with E-state index >= 15 is 0 Å². The topological polar surface area (TPSA) is 237 Å². The second kappa shape index (κ2) is 72.6. The molecule has 0 rings (SSSR count). The van der Waals surface area contributed by atoms with Crippen LogP contribution in [0.2, 0.25) is 0 Å². The first kappa shape index (κ1) is 98.1. The molecule has 0 fully saturated rings. The van der Waals surface area contributed by atoms with Crippen LogP contribution in [-0.4, -0.2) is 96.7 Å². The van der Waals surface area contributed by atoms with Crippen molar-refractivity contribution in [2.24, 2.45) is 11.8 Å². The molecule has 0 bridgehead atoms. The third kappa shape index (κ3) is 74.3. The van der Waals surface area contributed by atoms with Crippen LogP contribution in [0.15, 0.2) is 0 Å². The Morgan fingerprint density at radius 2 is 0.460 bits per heavy atom. The predicted octanol–water partition coefficient (Wildman–Crippen LogP) is 24.3. The van der Waals surface area contributed by atoms with Crippen LogP contribution >= 0.6 is 15.6 Å². The Balaban J connectivity index is 5.19. The first-order valence-corrected chi connectivity index (χ1v) is 45.0. The number of unbranched alkanes of at least 4 members (excludes halogenated alkanes) is 50. The van der Waals surface area contributed by atoms with Gasteiger partial charge in [0.15, 0.2) is 12.2 Å². The van der Waals surface area contributed by atoms with Gasteiger partial charge in [-0.25, -0.2) is 9.13 Å². The van der Waals surface area contributed by atoms with Crippen molar-refractivity contribution < 1.29 is 80.2 Å². The summed E-state index contributed by atoms with van der Waals surface area (Å²) in [6.45, 7) is 9.56. The number of carbonyl (C=O) groups excluding carboxylic acids is 4. The minimum atomic E-state index is -4.96. The van der Waals surface area contributed by atoms with Gasteiger partial charge in [0.05, 0.1) is 26.4 Å². The highest BCUT2D eigenvalue weighted by Gasteiger charge is 2.30. The Bertz CT molecular complexity index is 1920. The van der Waals surface area contributed by atoms with Crippen LogP contribution in [0.4, 0.5) is 0 Å². The lowest BCUT2D eigenvalue weighted by molar-refractivity contribution is -0.161. The van der Waals surface area contributed by atoms with E-state index in [9.17, 15) is 43.2 Å². The number of esters is 4. The second-order valence-corrected chi connectivity index (χ2v) is 33.0. The third-order valence-electron chi connectivity index (χ3n) is 19.0. The molecule has 0 aromatic rings. The summed E-state index contributed by atoms with van der Waals surface area (Å²) in [5.74, 6) is -0.641. The molecule has 0 radical (unpaired) electrons. The van der Waals surface area contributed by atoms with Crippen molar-refractivity contribution in [3.05, 3.63) is 0 Å². The summed E-state index contributed by atoms with van der Waals surface area (Å²) in [4.78, 5) is 72.9. The maximum Gasteiger partial charge on any atom is 0.472 e. The van der Waals surface area contributed by atoms with Gasteiger partial charge in [0.2, 0.25) is 0 Å². The summed E-state index contributed by atoms with van der Waals surface area (Å²) in [6.07, 6.45) is 62.7. The maximum atomic E-state index is 13.1. The van der Waals surface area contributed by atoms with E-state index in [1.807, 2.05) is 0 Å². The van der Waals surface area contributed by atoms with Crippen LogP contribution in [0.5, 0.6) is 0 Å². The Labute approximate surface area is 613 Å². The highest BCUT2D eigenvalue weighted by Crippen LogP contribution is 2.45. The maximum absolute atomic E-state index is 13.1. The lowest BCUT2D eigenvalue weighted by Crippen LogP contribution is -2.30. The monoisotopic (exact) mass is 1470 g/mol. The molecule has 0 aromatic heterocycles. The van der Waals surface area contributed by atoms with Crippen molar-refractivity contribution in [1.29, 1.82) is 0 Å². The number of carbonyl (C=O) groups is 4. The summed E-state index contributed by atoms with van der Waals surface area (Å²) in [6, 6.07) is 0. The summed E-state index contributed by atoms with van der Waals surface area (Å²) in [5.41, 5.74) is 0. The molecule has 0 aliphatic rings. The van der Waals surface area contributed by atoms with Crippen LogP contribution in [0.3, 0.4) is 0 Å². The van der Waals surface area contributed by atoms with Crippen molar-refractivity contribution in [2.45, 2.75) is 445 Å². The molecule has 19 heteroatoms. The Hall–Kier alpha value is -1.94. The quantitative estimate of drug-likeness (QED) is 0.0222. The van der Waals surface area contributed by atoms with Crippen LogP contribution in [0.25, 0.3) is 0 Å². The smallest absolute Gasteiger partial charge is 0.462 e. The van der Waals surface area contributed by atoms with Crippen molar-refractivity contribution >= 4 is 39.5 Å². The molecule has 17 nitrogen and oxygen atoms in total. The first-order valence-electron chi connectivity index (χ1n) is 42.0. The summed E-state index contributed by atoms with van der Waals surface area (Å²) >= 11 is 0. The standard InChI is InChI=1S/C81H158O17P2/c1-7-9-11-13-15-17-19-21-22-23-24-25-26-27-28-29-33-38-42-46-54-60-66-80(85)97-76(69-91-78(83)63-57-51-44-40-36-34-30-32-35-39-43-49-55-61-73(3)4)71-95-99(87,88)93-67-75(82)68-94-100(89,90)96-72-77(70-92-79(84)64-58-52-48-47-50-56-62-74(5)6)98-81(86)65-59-53-45-41-37-31-20-18-16-14-12-10-8-2/h73-77,82H,7-72H2,1-6H3,(H,87,88)(H,89,90)/t75-,76-,77-/m1/s1. The van der Waals surface area contributed by atoms with Gasteiger partial charge < -0.3 is 33.8 Å². The highest BCUT2D eigenvalue weighted by atomic mass is 31.2. The number of hydrogen-bond donors (Lipinski definition) is 3. The van der Waals surface area contributed by atoms with Crippen molar-refractivity contribution in [1.82, 2.24) is 0 Å². The Morgan fingerprint density at radius 1 is 0.270 bits per heavy atom. The molecule has 0 aliphatic carbocycles. The third-order valence-corrected chi connectivity index (χ3v) is 20.9. The van der Waals surface area contributed by atoms with Gasteiger partial charge >= 0.3 is 39.5 Å². The van der Waals surface area contributed by atoms with E-state index in [0.29, 0.717) is 31.6 Å². The van der Waals surface area contributed by atoms with Crippen LogP contribution in [-0.2, 0) is 65.4 Å². The molecule has 3 N–H and O–H groups in total. The molecule has 0 amide bonds. The molecule has 0 aromatic carbocycles.